The Morgan fingerprint density at radius 1 is 1.29 bits per heavy atom. The van der Waals surface area contributed by atoms with E-state index >= 15 is 0 Å². The van der Waals surface area contributed by atoms with Crippen molar-refractivity contribution in [3.05, 3.63) is 23.8 Å². The van der Waals surface area contributed by atoms with E-state index in [9.17, 15) is 9.90 Å². The van der Waals surface area contributed by atoms with Crippen LogP contribution < -0.4 is 10.6 Å². The van der Waals surface area contributed by atoms with Gasteiger partial charge < -0.3 is 15.7 Å². The lowest BCUT2D eigenvalue weighted by Gasteiger charge is -2.25. The van der Waals surface area contributed by atoms with Crippen molar-refractivity contribution in [1.29, 1.82) is 0 Å². The first kappa shape index (κ1) is 13.4. The van der Waals surface area contributed by atoms with Gasteiger partial charge in [-0.15, -0.1) is 0 Å². The summed E-state index contributed by atoms with van der Waals surface area (Å²) in [5.41, 5.74) is 7.38. The molecule has 0 unspecified atom stereocenters. The van der Waals surface area contributed by atoms with Gasteiger partial charge in [0, 0.05) is 18.8 Å². The lowest BCUT2D eigenvalue weighted by Crippen LogP contribution is -2.26. The highest BCUT2D eigenvalue weighted by molar-refractivity contribution is 5.95. The van der Waals surface area contributed by atoms with E-state index in [0.717, 1.165) is 31.6 Å². The van der Waals surface area contributed by atoms with Gasteiger partial charge in [-0.05, 0) is 31.0 Å². The summed E-state index contributed by atoms with van der Waals surface area (Å²) in [5, 5.41) is 9.17. The van der Waals surface area contributed by atoms with Crippen molar-refractivity contribution in [2.45, 2.75) is 26.7 Å². The molecule has 17 heavy (non-hydrogen) atoms. The minimum atomic E-state index is -0.905. The van der Waals surface area contributed by atoms with Gasteiger partial charge in [0.1, 0.15) is 0 Å². The van der Waals surface area contributed by atoms with Crippen LogP contribution in [0.3, 0.4) is 0 Å². The molecule has 4 heteroatoms. The number of hydrogen-bond donors (Lipinski definition) is 2. The molecule has 0 aliphatic rings. The van der Waals surface area contributed by atoms with Crippen LogP contribution in [0.5, 0.6) is 0 Å². The largest absolute Gasteiger partial charge is 0.478 e. The van der Waals surface area contributed by atoms with Gasteiger partial charge in [-0.1, -0.05) is 13.8 Å². The monoisotopic (exact) mass is 236 g/mol. The minimum Gasteiger partial charge on any atom is -0.478 e. The van der Waals surface area contributed by atoms with Crippen LogP contribution in [-0.2, 0) is 0 Å². The Labute approximate surface area is 102 Å². The first-order chi connectivity index (χ1) is 8.10. The fourth-order valence-corrected chi connectivity index (χ4v) is 1.88. The van der Waals surface area contributed by atoms with Crippen molar-refractivity contribution in [3.8, 4) is 0 Å². The lowest BCUT2D eigenvalue weighted by molar-refractivity contribution is 0.0697. The fraction of sp³-hybridized carbons (Fsp3) is 0.462. The highest BCUT2D eigenvalue weighted by Crippen LogP contribution is 2.24. The van der Waals surface area contributed by atoms with Crippen LogP contribution in [0, 0.1) is 0 Å². The number of anilines is 2. The molecule has 0 saturated carbocycles. The molecule has 0 heterocycles. The number of carboxylic acids is 1. The number of nitrogens with zero attached hydrogens (tertiary/aromatic N) is 1. The summed E-state index contributed by atoms with van der Waals surface area (Å²) in [7, 11) is 0. The molecule has 0 spiro atoms. The predicted octanol–water partition coefficient (Wildman–Crippen LogP) is 2.59. The Balaban J connectivity index is 3.14. The maximum Gasteiger partial charge on any atom is 0.337 e. The second-order valence-electron chi connectivity index (χ2n) is 4.07. The van der Waals surface area contributed by atoms with Gasteiger partial charge in [0.05, 0.1) is 11.3 Å². The third kappa shape index (κ3) is 3.37. The average Bonchev–Trinajstić information content (AvgIpc) is 2.28. The maximum atomic E-state index is 11.2. The van der Waals surface area contributed by atoms with Gasteiger partial charge in [0.15, 0.2) is 0 Å². The number of nitrogens with two attached hydrogens (primary N) is 1. The summed E-state index contributed by atoms with van der Waals surface area (Å²) in [4.78, 5) is 13.3. The molecule has 1 rings (SSSR count). The zero-order valence-electron chi connectivity index (χ0n) is 10.4. The Bertz CT molecular complexity index is 385. The number of carbonyl (C=O) groups is 1. The second-order valence-corrected chi connectivity index (χ2v) is 4.07. The van der Waals surface area contributed by atoms with E-state index in [0.29, 0.717) is 11.3 Å². The van der Waals surface area contributed by atoms with Crippen molar-refractivity contribution in [1.82, 2.24) is 0 Å². The number of rotatable bonds is 6. The van der Waals surface area contributed by atoms with Crippen molar-refractivity contribution in [3.63, 3.8) is 0 Å². The summed E-state index contributed by atoms with van der Waals surface area (Å²) in [6, 6.07) is 4.95. The molecule has 0 atom stereocenters. The molecule has 1 aromatic rings. The Kier molecular flexibility index (Phi) is 4.82. The summed E-state index contributed by atoms with van der Waals surface area (Å²) in [5.74, 6) is -0.905. The van der Waals surface area contributed by atoms with E-state index < -0.39 is 5.97 Å². The third-order valence-corrected chi connectivity index (χ3v) is 2.58. The Morgan fingerprint density at radius 2 is 1.88 bits per heavy atom. The van der Waals surface area contributed by atoms with Crippen molar-refractivity contribution < 1.29 is 9.90 Å². The molecule has 3 N–H and O–H groups in total. The van der Waals surface area contributed by atoms with Gasteiger partial charge in [-0.25, -0.2) is 4.79 Å². The average molecular weight is 236 g/mol. The molecule has 0 aliphatic carbocycles. The summed E-state index contributed by atoms with van der Waals surface area (Å²) < 4.78 is 0. The second kappa shape index (κ2) is 6.13. The van der Waals surface area contributed by atoms with E-state index in [-0.39, 0.29) is 0 Å². The SMILES string of the molecule is CCCN(CCC)c1cc(N)ccc1C(=O)O. The molecule has 0 saturated heterocycles. The van der Waals surface area contributed by atoms with Crippen LogP contribution in [0.1, 0.15) is 37.0 Å². The Morgan fingerprint density at radius 3 is 2.35 bits per heavy atom. The third-order valence-electron chi connectivity index (χ3n) is 2.58. The number of benzene rings is 1. The fourth-order valence-electron chi connectivity index (χ4n) is 1.88. The normalized spacial score (nSPS) is 10.2. The van der Waals surface area contributed by atoms with E-state index in [2.05, 4.69) is 18.7 Å². The van der Waals surface area contributed by atoms with Crippen LogP contribution in [0.25, 0.3) is 0 Å². The summed E-state index contributed by atoms with van der Waals surface area (Å²) >= 11 is 0. The molecule has 0 aliphatic heterocycles. The van der Waals surface area contributed by atoms with E-state index in [1.54, 1.807) is 18.2 Å². The van der Waals surface area contributed by atoms with Crippen molar-refractivity contribution in [2.24, 2.45) is 0 Å². The first-order valence-electron chi connectivity index (χ1n) is 5.97. The van der Waals surface area contributed by atoms with Crippen molar-refractivity contribution >= 4 is 17.3 Å². The number of nitrogen functional groups attached to an aromatic ring is 1. The zero-order chi connectivity index (χ0) is 12.8. The molecule has 0 fully saturated rings. The molecule has 94 valence electrons. The minimum absolute atomic E-state index is 0.320. The highest BCUT2D eigenvalue weighted by Gasteiger charge is 2.15. The van der Waals surface area contributed by atoms with Gasteiger partial charge >= 0.3 is 5.97 Å². The number of carboxylic acid groups (broad SMARTS) is 1. The van der Waals surface area contributed by atoms with Crippen LogP contribution in [0.2, 0.25) is 0 Å². The van der Waals surface area contributed by atoms with Gasteiger partial charge in [-0.3, -0.25) is 0 Å². The molecule has 0 aromatic heterocycles. The van der Waals surface area contributed by atoms with E-state index in [4.69, 9.17) is 5.73 Å². The zero-order valence-corrected chi connectivity index (χ0v) is 10.4. The van der Waals surface area contributed by atoms with E-state index in [1.807, 2.05) is 0 Å². The first-order valence-corrected chi connectivity index (χ1v) is 5.97. The molecule has 0 radical (unpaired) electrons. The summed E-state index contributed by atoms with van der Waals surface area (Å²) in [6.45, 7) is 5.85. The molecule has 1 aromatic carbocycles. The topological polar surface area (TPSA) is 66.6 Å². The van der Waals surface area contributed by atoms with Crippen molar-refractivity contribution in [2.75, 3.05) is 23.7 Å². The van der Waals surface area contributed by atoms with Gasteiger partial charge in [0.25, 0.3) is 0 Å². The number of aromatic carboxylic acids is 1. The maximum absolute atomic E-state index is 11.2. The van der Waals surface area contributed by atoms with Gasteiger partial charge in [0.2, 0.25) is 0 Å². The van der Waals surface area contributed by atoms with Crippen LogP contribution in [0.4, 0.5) is 11.4 Å². The molecule has 4 nitrogen and oxygen atoms in total. The highest BCUT2D eigenvalue weighted by atomic mass is 16.4. The quantitative estimate of drug-likeness (QED) is 0.745. The molecular weight excluding hydrogens is 216 g/mol. The van der Waals surface area contributed by atoms with Crippen LogP contribution in [0.15, 0.2) is 18.2 Å². The lowest BCUT2D eigenvalue weighted by atomic mass is 10.1. The molecule has 0 amide bonds. The smallest absolute Gasteiger partial charge is 0.337 e. The van der Waals surface area contributed by atoms with Crippen LogP contribution >= 0.6 is 0 Å². The predicted molar refractivity (Wildman–Crippen MR) is 70.6 cm³/mol. The molecular formula is C13H20N2O2. The van der Waals surface area contributed by atoms with Crippen LogP contribution in [-0.4, -0.2) is 24.2 Å². The molecule has 0 bridgehead atoms. The van der Waals surface area contributed by atoms with Gasteiger partial charge in [-0.2, -0.15) is 0 Å². The Hall–Kier alpha value is -1.71. The standard InChI is InChI=1S/C13H20N2O2/c1-3-7-15(8-4-2)12-9-10(14)5-6-11(12)13(16)17/h5-6,9H,3-4,7-8,14H2,1-2H3,(H,16,17). The van der Waals surface area contributed by atoms with E-state index in [1.165, 1.54) is 0 Å². The number of hydrogen-bond acceptors (Lipinski definition) is 3. The summed E-state index contributed by atoms with van der Waals surface area (Å²) in [6.07, 6.45) is 1.96.